The van der Waals surface area contributed by atoms with Crippen molar-refractivity contribution in [2.75, 3.05) is 27.6 Å². The van der Waals surface area contributed by atoms with Crippen LogP contribution < -0.4 is 4.72 Å². The van der Waals surface area contributed by atoms with Crippen molar-refractivity contribution in [3.05, 3.63) is 35.5 Å². The first kappa shape index (κ1) is 7.06. The van der Waals surface area contributed by atoms with Crippen LogP contribution in [-0.4, -0.2) is 45.9 Å². The van der Waals surface area contributed by atoms with E-state index in [2.05, 4.69) is 0 Å². The van der Waals surface area contributed by atoms with Crippen LogP contribution in [0.3, 0.4) is 0 Å². The number of hydrogen-bond acceptors (Lipinski definition) is 3. The van der Waals surface area contributed by atoms with Crippen LogP contribution in [0.25, 0.3) is 10.9 Å². The zero-order valence-electron chi connectivity index (χ0n) is 20.3. The molecule has 1 aromatic heterocycles. The summed E-state index contributed by atoms with van der Waals surface area (Å²) in [6.45, 7) is -2.60. The summed E-state index contributed by atoms with van der Waals surface area (Å²) in [5.74, 6) is 0. The molecule has 0 radical (unpaired) electrons. The lowest BCUT2D eigenvalue weighted by atomic mass is 10.1. The molecule has 0 fully saturated rings. The fraction of sp³-hybridized carbons (Fsp3) is 0.429. The molecular formula is C14H21N3O2S. The molecule has 0 aliphatic heterocycles. The van der Waals surface area contributed by atoms with Gasteiger partial charge in [-0.15, -0.1) is 0 Å². The van der Waals surface area contributed by atoms with Gasteiger partial charge in [0, 0.05) is 31.8 Å². The van der Waals surface area contributed by atoms with Gasteiger partial charge in [-0.2, -0.15) is 0 Å². The number of nitrogens with one attached hydrogen (secondary N) is 2. The van der Waals surface area contributed by atoms with E-state index in [1.54, 1.807) is 0 Å². The quantitative estimate of drug-likeness (QED) is 0.846. The number of likely N-dealkylation sites (N-methyl/N-ethyl adjacent to an activating group) is 1. The van der Waals surface area contributed by atoms with Crippen LogP contribution in [0.1, 0.15) is 20.7 Å². The lowest BCUT2D eigenvalue weighted by Crippen LogP contribution is -2.20. The van der Waals surface area contributed by atoms with Gasteiger partial charge in [0.25, 0.3) is 0 Å². The van der Waals surface area contributed by atoms with Crippen molar-refractivity contribution in [1.29, 1.82) is 0 Å². The fourth-order valence-electron chi connectivity index (χ4n) is 1.53. The van der Waals surface area contributed by atoms with E-state index in [-0.39, 0.29) is 15.6 Å². The summed E-state index contributed by atoms with van der Waals surface area (Å²) < 4.78 is 96.7. The molecule has 1 heterocycles. The Morgan fingerprint density at radius 3 is 2.95 bits per heavy atom. The van der Waals surface area contributed by atoms with Gasteiger partial charge in [-0.3, -0.25) is 0 Å². The van der Waals surface area contributed by atoms with Gasteiger partial charge in [0.15, 0.2) is 1.41 Å². The number of sulfonamides is 1. The topological polar surface area (TPSA) is 65.2 Å². The van der Waals surface area contributed by atoms with Crippen molar-refractivity contribution in [3.63, 3.8) is 0 Å². The van der Waals surface area contributed by atoms with Gasteiger partial charge in [-0.05, 0) is 50.8 Å². The largest absolute Gasteiger partial charge is 0.361 e. The zero-order chi connectivity index (χ0) is 22.7. The molecule has 2 rings (SSSR count). The van der Waals surface area contributed by atoms with E-state index >= 15 is 0 Å². The predicted octanol–water partition coefficient (Wildman–Crippen LogP) is 1.32. The second kappa shape index (κ2) is 5.95. The van der Waals surface area contributed by atoms with E-state index in [1.165, 1.54) is 14.1 Å². The molecule has 1 aromatic carbocycles. The smallest absolute Gasteiger partial charge is 0.215 e. The molecule has 20 heavy (non-hydrogen) atoms. The first-order chi connectivity index (χ1) is 12.9. The molecule has 0 atom stereocenters. The number of benzene rings is 1. The van der Waals surface area contributed by atoms with Crippen LogP contribution in [-0.2, 0) is 22.1 Å². The second-order valence-electron chi connectivity index (χ2n) is 4.22. The van der Waals surface area contributed by atoms with E-state index in [1.807, 2.05) is 0 Å². The van der Waals surface area contributed by atoms with Gasteiger partial charge in [0.05, 0.1) is 7.08 Å². The van der Waals surface area contributed by atoms with Gasteiger partial charge < -0.3 is 9.88 Å². The Morgan fingerprint density at radius 1 is 1.55 bits per heavy atom. The van der Waals surface area contributed by atoms with Crippen molar-refractivity contribution in [3.8, 4) is 0 Å². The number of H-pyrrole nitrogens is 1. The third-order valence-corrected chi connectivity index (χ3v) is 3.42. The van der Waals surface area contributed by atoms with Crippen LogP contribution >= 0.6 is 0 Å². The van der Waals surface area contributed by atoms with Crippen LogP contribution in [0.2, 0.25) is 2.82 Å². The number of nitrogens with zero attached hydrogens (tertiary/aromatic N) is 1. The van der Waals surface area contributed by atoms with Gasteiger partial charge in [0.1, 0.15) is 1.41 Å². The maximum absolute atomic E-state index is 12.2. The summed E-state index contributed by atoms with van der Waals surface area (Å²) in [7, 11) is -1.27. The van der Waals surface area contributed by atoms with E-state index in [0.29, 0.717) is 4.98 Å². The number of aromatic amines is 1. The number of aromatic nitrogens is 1. The van der Waals surface area contributed by atoms with Crippen LogP contribution in [0.4, 0.5) is 0 Å². The Kier molecular flexibility index (Phi) is 2.10. The number of fused-ring (bicyclic) bond motifs is 1. The lowest BCUT2D eigenvalue weighted by molar-refractivity contribution is 0.414. The van der Waals surface area contributed by atoms with Crippen LogP contribution in [0.15, 0.2) is 24.4 Å². The zero-order valence-corrected chi connectivity index (χ0v) is 12.1. The molecule has 2 N–H and O–H groups in total. The van der Waals surface area contributed by atoms with Crippen molar-refractivity contribution in [2.45, 2.75) is 12.1 Å². The monoisotopic (exact) mass is 304 g/mol. The maximum Gasteiger partial charge on any atom is 0.215 e. The molecule has 2 aromatic rings. The number of rotatable bonds is 6. The SMILES string of the molecule is [2H]c1c(C([2H])([2H])C([2H])([2H])N(C)C)c2cc(C([2H])([2H])S(=O)(=O)N([2H])C)ccc2n1[2H]. The number of hydrogen-bond donors (Lipinski definition) is 2. The summed E-state index contributed by atoms with van der Waals surface area (Å²) in [4.78, 5) is 1.54. The number of aryl methyl sites for hydroxylation is 1. The molecule has 0 aliphatic carbocycles. The van der Waals surface area contributed by atoms with Crippen molar-refractivity contribution < 1.29 is 20.8 Å². The van der Waals surface area contributed by atoms with E-state index in [4.69, 9.17) is 12.4 Å². The second-order valence-corrected chi connectivity index (χ2v) is 5.74. The first-order valence-corrected chi connectivity index (χ1v) is 7.16. The van der Waals surface area contributed by atoms with Gasteiger partial charge in [-0.1, -0.05) is 6.07 Å². The summed E-state index contributed by atoms with van der Waals surface area (Å²) >= 11 is 0. The van der Waals surface area contributed by atoms with E-state index < -0.39 is 45.9 Å². The Labute approximate surface area is 132 Å². The molecule has 0 saturated heterocycles. The summed E-state index contributed by atoms with van der Waals surface area (Å²) in [5, 5.41) is -0.162. The average Bonchev–Trinajstić information content (AvgIpc) is 2.85. The highest BCUT2D eigenvalue weighted by Crippen LogP contribution is 2.21. The summed E-state index contributed by atoms with van der Waals surface area (Å²) in [5.41, 5.74) is -4.00. The highest BCUT2D eigenvalue weighted by Gasteiger charge is 2.11. The molecule has 110 valence electrons. The highest BCUT2D eigenvalue weighted by molar-refractivity contribution is 7.88. The molecule has 0 unspecified atom stereocenters. The summed E-state index contributed by atoms with van der Waals surface area (Å²) in [6.07, 6.45) is -3.44. The minimum atomic E-state index is -4.73. The maximum atomic E-state index is 12.2. The highest BCUT2D eigenvalue weighted by atomic mass is 32.2. The Morgan fingerprint density at radius 2 is 2.30 bits per heavy atom. The molecule has 0 aliphatic rings. The Hall–Kier alpha value is -1.37. The van der Waals surface area contributed by atoms with Crippen LogP contribution in [0.5, 0.6) is 0 Å². The minimum absolute atomic E-state index is 0.0143. The predicted molar refractivity (Wildman–Crippen MR) is 82.2 cm³/mol. The van der Waals surface area contributed by atoms with Crippen molar-refractivity contribution in [2.24, 2.45) is 0 Å². The lowest BCUT2D eigenvalue weighted by Gasteiger charge is -2.08. The van der Waals surface area contributed by atoms with Crippen molar-refractivity contribution >= 4 is 20.9 Å². The third-order valence-electron chi connectivity index (χ3n) is 2.45. The molecule has 6 heteroatoms. The molecule has 0 amide bonds. The van der Waals surface area contributed by atoms with Crippen molar-refractivity contribution in [1.82, 2.24) is 14.6 Å². The third kappa shape index (κ3) is 3.59. The standard InChI is InChI=1S/C14H21N3O2S/c1-15-20(18,19)10-11-4-5-14-13(8-11)12(9-16-14)6-7-17(2)3/h4-5,8-9,15-16H,6-7,10H2,1-3H3/i6D2,7D2,9D,10D2/hD2. The van der Waals surface area contributed by atoms with E-state index in [0.717, 1.165) is 30.1 Å². The minimum Gasteiger partial charge on any atom is -0.361 e. The van der Waals surface area contributed by atoms with E-state index in [9.17, 15) is 8.42 Å². The van der Waals surface area contributed by atoms with Crippen LogP contribution in [0, 0.1) is 0 Å². The van der Waals surface area contributed by atoms with Gasteiger partial charge in [0.2, 0.25) is 10.0 Å². The average molecular weight is 304 g/mol. The molecule has 0 saturated carbocycles. The van der Waals surface area contributed by atoms with Gasteiger partial charge in [-0.25, -0.2) is 13.1 Å². The van der Waals surface area contributed by atoms with Gasteiger partial charge >= 0.3 is 0 Å². The molecular weight excluding hydrogens is 274 g/mol. The Balaban J connectivity index is 2.88. The summed E-state index contributed by atoms with van der Waals surface area (Å²) in [6, 6.07) is 3.23. The molecule has 5 nitrogen and oxygen atoms in total. The molecule has 0 bridgehead atoms. The molecule has 0 spiro atoms. The first-order valence-electron chi connectivity index (χ1n) is 10.1. The fourth-order valence-corrected chi connectivity index (χ4v) is 2.05. The Bertz CT molecular complexity index is 1050. The normalized spacial score (nSPS) is 21.4.